The van der Waals surface area contributed by atoms with Crippen LogP contribution in [0.4, 0.5) is 0 Å². The summed E-state index contributed by atoms with van der Waals surface area (Å²) in [6.07, 6.45) is 8.82. The van der Waals surface area contributed by atoms with E-state index in [0.717, 1.165) is 12.8 Å². The molecule has 2 aromatic rings. The van der Waals surface area contributed by atoms with E-state index < -0.39 is 0 Å². The van der Waals surface area contributed by atoms with Crippen LogP contribution < -0.4 is 24.8 Å². The fraction of sp³-hybridized carbons (Fsp3) is 0.231. The van der Waals surface area contributed by atoms with E-state index in [1.807, 2.05) is 12.1 Å². The molecule has 0 unspecified atom stereocenters. The van der Waals surface area contributed by atoms with Gasteiger partial charge < -0.3 is 24.8 Å². The van der Waals surface area contributed by atoms with Gasteiger partial charge in [-0.05, 0) is 0 Å². The minimum atomic E-state index is 0. The number of rotatable bonds is 2. The van der Waals surface area contributed by atoms with E-state index in [1.54, 1.807) is 0 Å². The Morgan fingerprint density at radius 3 is 1.10 bits per heavy atom. The van der Waals surface area contributed by atoms with Crippen LogP contribution in [0.2, 0.25) is 0 Å². The van der Waals surface area contributed by atoms with Gasteiger partial charge in [-0.15, -0.1) is 46.5 Å². The Morgan fingerprint density at radius 1 is 0.552 bits per heavy atom. The number of benzene rings is 2. The molecule has 0 amide bonds. The third kappa shape index (κ3) is 6.95. The summed E-state index contributed by atoms with van der Waals surface area (Å²) in [6.45, 7) is 8.71. The number of hydrogen-bond donors (Lipinski definition) is 0. The first-order chi connectivity index (χ1) is 12.6. The monoisotopic (exact) mass is 588 g/mol. The van der Waals surface area contributed by atoms with Gasteiger partial charge in [-0.2, -0.15) is 34.4 Å². The molecule has 0 aliphatic heterocycles. The molecule has 0 nitrogen and oxygen atoms in total. The molecular weight excluding hydrogens is 562 g/mol. The molecule has 2 aliphatic carbocycles. The molecule has 148 valence electrons. The first-order valence-corrected chi connectivity index (χ1v) is 9.24. The fourth-order valence-corrected chi connectivity index (χ4v) is 3.25. The maximum absolute atomic E-state index is 3.42. The molecular formula is C26H26Cl2Hf. The summed E-state index contributed by atoms with van der Waals surface area (Å²) in [4.78, 5) is 0. The molecule has 3 heteroatoms. The zero-order valence-electron chi connectivity index (χ0n) is 17.4. The van der Waals surface area contributed by atoms with Crippen molar-refractivity contribution in [3.63, 3.8) is 0 Å². The molecule has 0 saturated heterocycles. The molecule has 0 spiro atoms. The molecule has 0 heterocycles. The third-order valence-corrected chi connectivity index (χ3v) is 5.22. The first-order valence-electron chi connectivity index (χ1n) is 9.24. The average Bonchev–Trinajstić information content (AvgIpc) is 3.19. The summed E-state index contributed by atoms with van der Waals surface area (Å²) in [5, 5.41) is 0. The summed E-state index contributed by atoms with van der Waals surface area (Å²) in [7, 11) is 0. The van der Waals surface area contributed by atoms with Crippen molar-refractivity contribution < 1.29 is 50.7 Å². The molecule has 0 N–H and O–H groups in total. The van der Waals surface area contributed by atoms with E-state index in [0.29, 0.717) is 0 Å². The summed E-state index contributed by atoms with van der Waals surface area (Å²) in [5.74, 6) is 0. The Bertz CT molecular complexity index is 827. The van der Waals surface area contributed by atoms with E-state index in [4.69, 9.17) is 0 Å². The van der Waals surface area contributed by atoms with Crippen molar-refractivity contribution in [2.24, 2.45) is 0 Å². The maximum Gasteiger partial charge on any atom is 4.00 e. The largest absolute Gasteiger partial charge is 4.00 e. The summed E-state index contributed by atoms with van der Waals surface area (Å²) in [6, 6.07) is 21.0. The van der Waals surface area contributed by atoms with E-state index in [2.05, 4.69) is 88.4 Å². The third-order valence-electron chi connectivity index (χ3n) is 5.22. The number of hydrogen-bond acceptors (Lipinski definition) is 0. The van der Waals surface area contributed by atoms with Crippen LogP contribution in [0.3, 0.4) is 0 Å². The smallest absolute Gasteiger partial charge is 1.00 e. The predicted octanol–water partition coefficient (Wildman–Crippen LogP) is 1.23. The SMILES string of the molecule is CC1=C(C)C(c2ccccc2)=[C-]C1.CC1=C(C)C(c2ccccc2)=[C-]C1.[Cl-].[Cl-].[Hf+4]. The molecule has 29 heavy (non-hydrogen) atoms. The Hall–Kier alpha value is -1.15. The van der Waals surface area contributed by atoms with Crippen molar-refractivity contribution in [1.29, 1.82) is 0 Å². The van der Waals surface area contributed by atoms with E-state index in [9.17, 15) is 0 Å². The standard InChI is InChI=1S/2C13H13.2ClH.Hf/c2*1-10-8-9-13(11(10)2)12-6-4-3-5-7-12;;;/h2*3-7H,8H2,1-2H3;2*1H;/q2*-1;;;+4/p-2. The van der Waals surface area contributed by atoms with Gasteiger partial charge in [0.15, 0.2) is 0 Å². The van der Waals surface area contributed by atoms with Gasteiger partial charge in [0.1, 0.15) is 0 Å². The van der Waals surface area contributed by atoms with Crippen molar-refractivity contribution in [2.75, 3.05) is 0 Å². The van der Waals surface area contributed by atoms with Crippen LogP contribution in [0.15, 0.2) is 83.0 Å². The van der Waals surface area contributed by atoms with Crippen molar-refractivity contribution in [3.8, 4) is 0 Å². The van der Waals surface area contributed by atoms with E-state index >= 15 is 0 Å². The topological polar surface area (TPSA) is 0 Å². The van der Waals surface area contributed by atoms with Crippen LogP contribution in [0, 0.1) is 12.2 Å². The van der Waals surface area contributed by atoms with Gasteiger partial charge >= 0.3 is 25.8 Å². The molecule has 2 aromatic carbocycles. The molecule has 0 aromatic heterocycles. The zero-order valence-corrected chi connectivity index (χ0v) is 22.5. The second-order valence-corrected chi connectivity index (χ2v) is 7.00. The van der Waals surface area contributed by atoms with Gasteiger partial charge in [-0.1, -0.05) is 76.9 Å². The predicted molar refractivity (Wildman–Crippen MR) is 112 cm³/mol. The van der Waals surface area contributed by atoms with Crippen LogP contribution in [0.25, 0.3) is 11.1 Å². The number of allylic oxidation sites excluding steroid dienone is 8. The molecule has 0 saturated carbocycles. The minimum absolute atomic E-state index is 0. The molecule has 4 rings (SSSR count). The van der Waals surface area contributed by atoms with Crippen LogP contribution >= 0.6 is 0 Å². The van der Waals surface area contributed by atoms with Gasteiger partial charge in [0.25, 0.3) is 0 Å². The van der Waals surface area contributed by atoms with Gasteiger partial charge in [0.05, 0.1) is 0 Å². The van der Waals surface area contributed by atoms with Crippen LogP contribution in [0.5, 0.6) is 0 Å². The Labute approximate surface area is 207 Å². The quantitative estimate of drug-likeness (QED) is 0.367. The van der Waals surface area contributed by atoms with Gasteiger partial charge in [0.2, 0.25) is 0 Å². The molecule has 2 aliphatic rings. The maximum atomic E-state index is 3.42. The fourth-order valence-electron chi connectivity index (χ4n) is 3.25. The Morgan fingerprint density at radius 2 is 0.862 bits per heavy atom. The van der Waals surface area contributed by atoms with Gasteiger partial charge in [-0.25, -0.2) is 0 Å². The van der Waals surface area contributed by atoms with E-state index in [-0.39, 0.29) is 50.7 Å². The average molecular weight is 588 g/mol. The van der Waals surface area contributed by atoms with E-state index in [1.165, 1.54) is 44.6 Å². The molecule has 0 bridgehead atoms. The zero-order chi connectivity index (χ0) is 18.5. The van der Waals surface area contributed by atoms with Crippen LogP contribution in [-0.4, -0.2) is 0 Å². The first kappa shape index (κ1) is 27.9. The van der Waals surface area contributed by atoms with Crippen molar-refractivity contribution in [1.82, 2.24) is 0 Å². The van der Waals surface area contributed by atoms with Gasteiger partial charge in [-0.3, -0.25) is 0 Å². The van der Waals surface area contributed by atoms with Crippen molar-refractivity contribution in [3.05, 3.63) is 106 Å². The van der Waals surface area contributed by atoms with Crippen LogP contribution in [0.1, 0.15) is 51.7 Å². The molecule has 0 atom stereocenters. The van der Waals surface area contributed by atoms with Crippen LogP contribution in [-0.2, 0) is 25.8 Å². The Balaban J connectivity index is 0.000000490. The number of halogens is 2. The second-order valence-electron chi connectivity index (χ2n) is 7.00. The normalized spacial score (nSPS) is 14.6. The summed E-state index contributed by atoms with van der Waals surface area (Å²) < 4.78 is 0. The molecule has 0 radical (unpaired) electrons. The summed E-state index contributed by atoms with van der Waals surface area (Å²) >= 11 is 0. The summed E-state index contributed by atoms with van der Waals surface area (Å²) in [5.41, 5.74) is 10.8. The minimum Gasteiger partial charge on any atom is -1.00 e. The Kier molecular flexibility index (Phi) is 12.7. The second kappa shape index (κ2) is 13.2. The van der Waals surface area contributed by atoms with Crippen molar-refractivity contribution in [2.45, 2.75) is 40.5 Å². The van der Waals surface area contributed by atoms with Gasteiger partial charge in [0, 0.05) is 0 Å². The van der Waals surface area contributed by atoms with Crippen molar-refractivity contribution >= 4 is 11.1 Å². The molecule has 0 fully saturated rings.